The maximum absolute atomic E-state index is 9.97. The van der Waals surface area contributed by atoms with Crippen LogP contribution in [0.15, 0.2) is 22.7 Å². The van der Waals surface area contributed by atoms with Crippen LogP contribution in [0.3, 0.4) is 0 Å². The molecule has 0 saturated carbocycles. The van der Waals surface area contributed by atoms with E-state index in [9.17, 15) is 15.3 Å². The lowest BCUT2D eigenvalue weighted by Gasteiger charge is -2.34. The second-order valence-electron chi connectivity index (χ2n) is 4.76. The predicted octanol–water partition coefficient (Wildman–Crippen LogP) is 2.33. The van der Waals surface area contributed by atoms with Gasteiger partial charge in [-0.05, 0) is 31.0 Å². The van der Waals surface area contributed by atoms with E-state index in [1.54, 1.807) is 12.1 Å². The van der Waals surface area contributed by atoms with Crippen LogP contribution in [0.1, 0.15) is 38.3 Å². The Kier molecular flexibility index (Phi) is 6.26. The molecule has 0 fully saturated rings. The molecule has 0 radical (unpaired) electrons. The van der Waals surface area contributed by atoms with Gasteiger partial charge in [0.2, 0.25) is 0 Å². The lowest BCUT2D eigenvalue weighted by Crippen LogP contribution is -2.52. The molecule has 19 heavy (non-hydrogen) atoms. The molecule has 1 unspecified atom stereocenters. The molecule has 0 aliphatic carbocycles. The summed E-state index contributed by atoms with van der Waals surface area (Å²) in [6.07, 6.45) is 1.34. The number of phenols is 1. The van der Waals surface area contributed by atoms with Crippen LogP contribution in [-0.2, 0) is 0 Å². The molecule has 5 heteroatoms. The molecule has 1 rings (SSSR count). The van der Waals surface area contributed by atoms with E-state index in [0.717, 1.165) is 16.5 Å². The summed E-state index contributed by atoms with van der Waals surface area (Å²) in [5.41, 5.74) is 0.0340. The highest BCUT2D eigenvalue weighted by Crippen LogP contribution is 2.31. The molecule has 0 aliphatic heterocycles. The lowest BCUT2D eigenvalue weighted by molar-refractivity contribution is 0.0765. The number of hydrogen-bond donors (Lipinski definition) is 4. The van der Waals surface area contributed by atoms with E-state index in [1.165, 1.54) is 0 Å². The quantitative estimate of drug-likeness (QED) is 0.618. The number of benzene rings is 1. The van der Waals surface area contributed by atoms with Crippen molar-refractivity contribution in [2.45, 2.75) is 38.3 Å². The van der Waals surface area contributed by atoms with Gasteiger partial charge in [-0.1, -0.05) is 29.8 Å². The van der Waals surface area contributed by atoms with Gasteiger partial charge in [0.15, 0.2) is 0 Å². The fraction of sp³-hybridized carbons (Fsp3) is 0.571. The fourth-order valence-electron chi connectivity index (χ4n) is 2.04. The van der Waals surface area contributed by atoms with E-state index in [2.05, 4.69) is 21.2 Å². The number of rotatable bonds is 7. The maximum atomic E-state index is 9.97. The van der Waals surface area contributed by atoms with Gasteiger partial charge in [0, 0.05) is 16.1 Å². The van der Waals surface area contributed by atoms with Crippen LogP contribution >= 0.6 is 15.9 Å². The zero-order valence-corrected chi connectivity index (χ0v) is 12.9. The summed E-state index contributed by atoms with van der Waals surface area (Å²) in [5.74, 6) is 0.212. The number of hydrogen-bond acceptors (Lipinski definition) is 4. The first-order chi connectivity index (χ1) is 9.01. The van der Waals surface area contributed by atoms with E-state index < -0.39 is 5.54 Å². The molecule has 0 spiro atoms. The monoisotopic (exact) mass is 331 g/mol. The van der Waals surface area contributed by atoms with Gasteiger partial charge < -0.3 is 20.6 Å². The van der Waals surface area contributed by atoms with E-state index >= 15 is 0 Å². The zero-order valence-electron chi connectivity index (χ0n) is 11.4. The van der Waals surface area contributed by atoms with E-state index in [-0.39, 0.29) is 25.0 Å². The van der Waals surface area contributed by atoms with Crippen molar-refractivity contribution in [3.63, 3.8) is 0 Å². The van der Waals surface area contributed by atoms with Crippen molar-refractivity contribution in [2.75, 3.05) is 13.2 Å². The molecule has 4 N–H and O–H groups in total. The lowest BCUT2D eigenvalue weighted by atomic mass is 9.93. The largest absolute Gasteiger partial charge is 0.508 e. The number of phenolic OH excluding ortho intramolecular Hbond substituents is 1. The van der Waals surface area contributed by atoms with Crippen LogP contribution in [0, 0.1) is 0 Å². The van der Waals surface area contributed by atoms with Gasteiger partial charge in [-0.3, -0.25) is 0 Å². The topological polar surface area (TPSA) is 72.7 Å². The SMILES string of the molecule is CCC(NC(CC)(CO)CO)c1cc(Br)ccc1O. The summed E-state index contributed by atoms with van der Waals surface area (Å²) in [4.78, 5) is 0. The summed E-state index contributed by atoms with van der Waals surface area (Å²) in [7, 11) is 0. The maximum Gasteiger partial charge on any atom is 0.120 e. The van der Waals surface area contributed by atoms with Gasteiger partial charge in [-0.25, -0.2) is 0 Å². The molecule has 4 nitrogen and oxygen atoms in total. The third kappa shape index (κ3) is 3.92. The van der Waals surface area contributed by atoms with Crippen molar-refractivity contribution in [3.8, 4) is 5.75 Å². The van der Waals surface area contributed by atoms with Gasteiger partial charge in [0.1, 0.15) is 5.75 Å². The van der Waals surface area contributed by atoms with Crippen molar-refractivity contribution in [1.82, 2.24) is 5.32 Å². The molecule has 1 aromatic carbocycles. The van der Waals surface area contributed by atoms with Crippen LogP contribution in [0.25, 0.3) is 0 Å². The predicted molar refractivity (Wildman–Crippen MR) is 79.2 cm³/mol. The first-order valence-electron chi connectivity index (χ1n) is 6.49. The standard InChI is InChI=1S/C14H22BrNO3/c1-3-12(16-14(4-2,8-17)9-18)11-7-10(15)5-6-13(11)19/h5-7,12,16-19H,3-4,8-9H2,1-2H3. The minimum absolute atomic E-state index is 0.128. The van der Waals surface area contributed by atoms with Gasteiger partial charge in [0.25, 0.3) is 0 Å². The summed E-state index contributed by atoms with van der Waals surface area (Å²) < 4.78 is 0.885. The van der Waals surface area contributed by atoms with Gasteiger partial charge in [0.05, 0.1) is 18.8 Å². The third-order valence-corrected chi connectivity index (χ3v) is 4.03. The molecular formula is C14H22BrNO3. The smallest absolute Gasteiger partial charge is 0.120 e. The summed E-state index contributed by atoms with van der Waals surface area (Å²) in [6, 6.07) is 5.13. The molecule has 108 valence electrons. The van der Waals surface area contributed by atoms with Crippen molar-refractivity contribution < 1.29 is 15.3 Å². The number of aromatic hydroxyl groups is 1. The Labute approximate surface area is 122 Å². The van der Waals surface area contributed by atoms with Gasteiger partial charge >= 0.3 is 0 Å². The molecule has 0 aliphatic rings. The third-order valence-electron chi connectivity index (χ3n) is 3.54. The molecule has 1 atom stereocenters. The van der Waals surface area contributed by atoms with E-state index in [0.29, 0.717) is 6.42 Å². The Hall–Kier alpha value is -0.620. The average Bonchev–Trinajstić information content (AvgIpc) is 2.44. The van der Waals surface area contributed by atoms with Crippen LogP contribution < -0.4 is 5.32 Å². The van der Waals surface area contributed by atoms with Gasteiger partial charge in [-0.2, -0.15) is 0 Å². The first-order valence-corrected chi connectivity index (χ1v) is 7.29. The number of halogens is 1. The van der Waals surface area contributed by atoms with Crippen LogP contribution in [-0.4, -0.2) is 34.1 Å². The molecule has 0 aromatic heterocycles. The Morgan fingerprint density at radius 2 is 1.89 bits per heavy atom. The molecule has 0 bridgehead atoms. The Bertz CT molecular complexity index is 399. The summed E-state index contributed by atoms with van der Waals surface area (Å²) in [5, 5.41) is 32.2. The van der Waals surface area contributed by atoms with Crippen molar-refractivity contribution >= 4 is 15.9 Å². The number of nitrogens with one attached hydrogen (secondary N) is 1. The fourth-order valence-corrected chi connectivity index (χ4v) is 2.42. The van der Waals surface area contributed by atoms with Crippen molar-refractivity contribution in [3.05, 3.63) is 28.2 Å². The highest BCUT2D eigenvalue weighted by Gasteiger charge is 2.30. The minimum atomic E-state index is -0.727. The average molecular weight is 332 g/mol. The number of aliphatic hydroxyl groups excluding tert-OH is 2. The van der Waals surface area contributed by atoms with Crippen LogP contribution in [0.2, 0.25) is 0 Å². The first kappa shape index (κ1) is 16.4. The van der Waals surface area contributed by atoms with E-state index in [4.69, 9.17) is 0 Å². The second kappa shape index (κ2) is 7.24. The van der Waals surface area contributed by atoms with Crippen LogP contribution in [0.5, 0.6) is 5.75 Å². The molecule has 1 aromatic rings. The molecular weight excluding hydrogens is 310 g/mol. The molecule has 0 saturated heterocycles. The zero-order chi connectivity index (χ0) is 14.5. The van der Waals surface area contributed by atoms with Crippen molar-refractivity contribution in [2.24, 2.45) is 0 Å². The highest BCUT2D eigenvalue weighted by molar-refractivity contribution is 9.10. The van der Waals surface area contributed by atoms with Crippen molar-refractivity contribution in [1.29, 1.82) is 0 Å². The summed E-state index contributed by atoms with van der Waals surface area (Å²) in [6.45, 7) is 3.61. The van der Waals surface area contributed by atoms with Crippen LogP contribution in [0.4, 0.5) is 0 Å². The molecule has 0 amide bonds. The second-order valence-corrected chi connectivity index (χ2v) is 5.67. The Morgan fingerprint density at radius 1 is 1.26 bits per heavy atom. The molecule has 0 heterocycles. The summed E-state index contributed by atoms with van der Waals surface area (Å²) >= 11 is 3.39. The Balaban J connectivity index is 3.03. The van der Waals surface area contributed by atoms with E-state index in [1.807, 2.05) is 19.9 Å². The Morgan fingerprint density at radius 3 is 2.37 bits per heavy atom. The number of aliphatic hydroxyl groups is 2. The normalized spacial score (nSPS) is 13.5. The minimum Gasteiger partial charge on any atom is -0.508 e. The van der Waals surface area contributed by atoms with Gasteiger partial charge in [-0.15, -0.1) is 0 Å². The highest BCUT2D eigenvalue weighted by atomic mass is 79.9.